The van der Waals surface area contributed by atoms with Crippen LogP contribution < -0.4 is 9.64 Å². The smallest absolute Gasteiger partial charge is 0.300 e. The molecule has 1 unspecified atom stereocenters. The van der Waals surface area contributed by atoms with Gasteiger partial charge in [0, 0.05) is 11.3 Å². The van der Waals surface area contributed by atoms with Crippen molar-refractivity contribution in [3.63, 3.8) is 0 Å². The summed E-state index contributed by atoms with van der Waals surface area (Å²) in [7, 11) is 1.57. The van der Waals surface area contributed by atoms with Crippen LogP contribution in [0.4, 0.5) is 5.69 Å². The number of aryl methyl sites for hydroxylation is 3. The summed E-state index contributed by atoms with van der Waals surface area (Å²) < 4.78 is 5.26. The Kier molecular flexibility index (Phi) is 5.57. The third kappa shape index (κ3) is 3.66. The van der Waals surface area contributed by atoms with Gasteiger partial charge in [-0.05, 0) is 67.8 Å². The Morgan fingerprint density at radius 3 is 2.22 bits per heavy atom. The molecule has 1 saturated heterocycles. The number of nitrogens with zero attached hydrogens (tertiary/aromatic N) is 1. The maximum absolute atomic E-state index is 13.3. The third-order valence-electron chi connectivity index (χ3n) is 5.77. The first-order valence-electron chi connectivity index (χ1n) is 10.4. The molecule has 0 saturated carbocycles. The summed E-state index contributed by atoms with van der Waals surface area (Å²) in [6.07, 6.45) is 0. The van der Waals surface area contributed by atoms with E-state index >= 15 is 0 Å². The molecule has 1 amide bonds. The third-order valence-corrected chi connectivity index (χ3v) is 5.77. The van der Waals surface area contributed by atoms with Gasteiger partial charge in [-0.1, -0.05) is 42.0 Å². The Balaban J connectivity index is 1.97. The highest BCUT2D eigenvalue weighted by Gasteiger charge is 2.47. The van der Waals surface area contributed by atoms with Gasteiger partial charge in [-0.3, -0.25) is 14.5 Å². The minimum Gasteiger partial charge on any atom is -0.507 e. The van der Waals surface area contributed by atoms with Crippen LogP contribution in [-0.2, 0) is 9.59 Å². The number of methoxy groups -OCH3 is 1. The van der Waals surface area contributed by atoms with Crippen molar-refractivity contribution in [2.24, 2.45) is 0 Å². The first-order valence-corrected chi connectivity index (χ1v) is 10.4. The minimum absolute atomic E-state index is 0.0790. The Morgan fingerprint density at radius 1 is 0.906 bits per heavy atom. The molecule has 0 bridgehead atoms. The topological polar surface area (TPSA) is 66.8 Å². The summed E-state index contributed by atoms with van der Waals surface area (Å²) in [6, 6.07) is 19.6. The number of aliphatic hydroxyl groups is 1. The molecule has 0 aliphatic carbocycles. The number of carbonyl (C=O) groups is 2. The average Bonchev–Trinajstić information content (AvgIpc) is 3.04. The number of Topliss-reactive ketones (excluding diaryl/α,β-unsaturated/α-hetero) is 1. The number of carbonyl (C=O) groups excluding carboxylic acids is 2. The van der Waals surface area contributed by atoms with Gasteiger partial charge in [-0.15, -0.1) is 0 Å². The van der Waals surface area contributed by atoms with Crippen LogP contribution in [0.15, 0.2) is 72.3 Å². The number of ether oxygens (including phenoxy) is 1. The van der Waals surface area contributed by atoms with Gasteiger partial charge in [0.1, 0.15) is 11.5 Å². The number of anilines is 1. The fourth-order valence-corrected chi connectivity index (χ4v) is 4.21. The van der Waals surface area contributed by atoms with Crippen molar-refractivity contribution in [3.05, 3.63) is 100 Å². The van der Waals surface area contributed by atoms with Crippen molar-refractivity contribution in [1.29, 1.82) is 0 Å². The fourth-order valence-electron chi connectivity index (χ4n) is 4.21. The summed E-state index contributed by atoms with van der Waals surface area (Å²) in [6.45, 7) is 5.72. The Bertz CT molecular complexity index is 1260. The second-order valence-corrected chi connectivity index (χ2v) is 8.10. The number of aliphatic hydroxyl groups excluding tert-OH is 1. The zero-order valence-electron chi connectivity index (χ0n) is 18.5. The second-order valence-electron chi connectivity index (χ2n) is 8.10. The van der Waals surface area contributed by atoms with Crippen LogP contribution in [-0.4, -0.2) is 23.9 Å². The van der Waals surface area contributed by atoms with Gasteiger partial charge in [0.05, 0.1) is 18.7 Å². The number of benzene rings is 3. The Morgan fingerprint density at radius 2 is 1.59 bits per heavy atom. The standard InChI is InChI=1S/C27H25NO4/c1-16-7-5-9-19(13-16)24-23(25(29)22-12-11-21(32-4)15-18(22)3)26(30)27(31)28(24)20-10-6-8-17(2)14-20/h5-15,24,29H,1-4H3/b25-23-. The van der Waals surface area contributed by atoms with Crippen molar-refractivity contribution < 1.29 is 19.4 Å². The van der Waals surface area contributed by atoms with Gasteiger partial charge in [0.2, 0.25) is 0 Å². The molecule has 1 aliphatic heterocycles. The molecule has 162 valence electrons. The molecular formula is C27H25NO4. The zero-order valence-corrected chi connectivity index (χ0v) is 18.5. The molecule has 32 heavy (non-hydrogen) atoms. The van der Waals surface area contributed by atoms with E-state index in [1.165, 1.54) is 4.90 Å². The lowest BCUT2D eigenvalue weighted by Gasteiger charge is -2.26. The fraction of sp³-hybridized carbons (Fsp3) is 0.185. The number of amides is 1. The molecule has 1 fully saturated rings. The molecule has 3 aromatic carbocycles. The van der Waals surface area contributed by atoms with E-state index in [2.05, 4.69) is 0 Å². The van der Waals surface area contributed by atoms with Crippen LogP contribution in [0.5, 0.6) is 5.75 Å². The second kappa shape index (κ2) is 8.35. The molecule has 1 atom stereocenters. The number of rotatable bonds is 4. The van der Waals surface area contributed by atoms with Crippen molar-refractivity contribution in [2.45, 2.75) is 26.8 Å². The monoisotopic (exact) mass is 427 g/mol. The summed E-state index contributed by atoms with van der Waals surface area (Å²) in [4.78, 5) is 28.0. The van der Waals surface area contributed by atoms with E-state index in [9.17, 15) is 14.7 Å². The van der Waals surface area contributed by atoms with Crippen LogP contribution in [0.1, 0.15) is 33.9 Å². The van der Waals surface area contributed by atoms with Gasteiger partial charge in [0.25, 0.3) is 11.7 Å². The van der Waals surface area contributed by atoms with E-state index in [0.29, 0.717) is 17.0 Å². The molecular weight excluding hydrogens is 402 g/mol. The lowest BCUT2D eigenvalue weighted by molar-refractivity contribution is -0.132. The highest BCUT2D eigenvalue weighted by molar-refractivity contribution is 6.51. The van der Waals surface area contributed by atoms with Crippen LogP contribution >= 0.6 is 0 Å². The van der Waals surface area contributed by atoms with Crippen molar-refractivity contribution in [2.75, 3.05) is 12.0 Å². The van der Waals surface area contributed by atoms with E-state index in [1.807, 2.05) is 63.2 Å². The highest BCUT2D eigenvalue weighted by Crippen LogP contribution is 2.43. The Hall–Kier alpha value is -3.86. The first kappa shape index (κ1) is 21.4. The first-order chi connectivity index (χ1) is 15.3. The molecule has 0 aromatic heterocycles. The van der Waals surface area contributed by atoms with E-state index in [4.69, 9.17) is 4.74 Å². The van der Waals surface area contributed by atoms with Crippen LogP contribution in [0.25, 0.3) is 5.76 Å². The van der Waals surface area contributed by atoms with Gasteiger partial charge in [0.15, 0.2) is 0 Å². The molecule has 5 nitrogen and oxygen atoms in total. The van der Waals surface area contributed by atoms with E-state index in [-0.39, 0.29) is 11.3 Å². The van der Waals surface area contributed by atoms with E-state index in [1.54, 1.807) is 31.4 Å². The Labute approximate surface area is 187 Å². The molecule has 0 spiro atoms. The van der Waals surface area contributed by atoms with Gasteiger partial charge >= 0.3 is 0 Å². The van der Waals surface area contributed by atoms with Crippen molar-refractivity contribution >= 4 is 23.1 Å². The highest BCUT2D eigenvalue weighted by atomic mass is 16.5. The number of hydrogen-bond acceptors (Lipinski definition) is 4. The van der Waals surface area contributed by atoms with Gasteiger partial charge in [-0.25, -0.2) is 0 Å². The summed E-state index contributed by atoms with van der Waals surface area (Å²) in [5.41, 5.74) is 4.66. The maximum Gasteiger partial charge on any atom is 0.300 e. The number of hydrogen-bond donors (Lipinski definition) is 1. The minimum atomic E-state index is -0.738. The molecule has 0 radical (unpaired) electrons. The molecule has 1 aliphatic rings. The maximum atomic E-state index is 13.3. The van der Waals surface area contributed by atoms with E-state index in [0.717, 1.165) is 22.3 Å². The largest absolute Gasteiger partial charge is 0.507 e. The predicted molar refractivity (Wildman–Crippen MR) is 125 cm³/mol. The van der Waals surface area contributed by atoms with Crippen LogP contribution in [0, 0.1) is 20.8 Å². The van der Waals surface area contributed by atoms with Crippen molar-refractivity contribution in [3.8, 4) is 5.75 Å². The molecule has 1 N–H and O–H groups in total. The predicted octanol–water partition coefficient (Wildman–Crippen LogP) is 5.25. The zero-order chi connectivity index (χ0) is 23.0. The normalized spacial score (nSPS) is 17.6. The lowest BCUT2D eigenvalue weighted by Crippen LogP contribution is -2.29. The van der Waals surface area contributed by atoms with E-state index < -0.39 is 17.7 Å². The summed E-state index contributed by atoms with van der Waals surface area (Å²) >= 11 is 0. The van der Waals surface area contributed by atoms with Crippen LogP contribution in [0.3, 0.4) is 0 Å². The SMILES string of the molecule is COc1ccc(/C(O)=C2/C(=O)C(=O)N(c3cccc(C)c3)C2c2cccc(C)c2)c(C)c1. The molecule has 1 heterocycles. The lowest BCUT2D eigenvalue weighted by atomic mass is 9.93. The molecule has 4 rings (SSSR count). The van der Waals surface area contributed by atoms with Crippen molar-refractivity contribution in [1.82, 2.24) is 0 Å². The molecule has 3 aromatic rings. The molecule has 5 heteroatoms. The quantitative estimate of drug-likeness (QED) is 0.351. The van der Waals surface area contributed by atoms with Crippen LogP contribution in [0.2, 0.25) is 0 Å². The summed E-state index contributed by atoms with van der Waals surface area (Å²) in [5, 5.41) is 11.3. The number of ketones is 1. The van der Waals surface area contributed by atoms with Gasteiger partial charge in [-0.2, -0.15) is 0 Å². The van der Waals surface area contributed by atoms with Gasteiger partial charge < -0.3 is 9.84 Å². The summed E-state index contributed by atoms with van der Waals surface area (Å²) in [5.74, 6) is -0.903. The average molecular weight is 428 g/mol.